The van der Waals surface area contributed by atoms with Crippen molar-refractivity contribution in [2.24, 2.45) is 0 Å². The van der Waals surface area contributed by atoms with Crippen LogP contribution in [-0.4, -0.2) is 14.9 Å². The molecule has 1 aliphatic heterocycles. The van der Waals surface area contributed by atoms with Crippen molar-refractivity contribution in [1.82, 2.24) is 14.9 Å². The van der Waals surface area contributed by atoms with Gasteiger partial charge in [-0.05, 0) is 17.7 Å². The Hall–Kier alpha value is -2.46. The molecule has 0 N–H and O–H groups in total. The maximum Gasteiger partial charge on any atom is 0.131 e. The van der Waals surface area contributed by atoms with Crippen molar-refractivity contribution in [3.63, 3.8) is 0 Å². The Morgan fingerprint density at radius 2 is 1.92 bits per heavy atom. The molecule has 24 heavy (non-hydrogen) atoms. The van der Waals surface area contributed by atoms with Crippen LogP contribution in [0.4, 0.5) is 0 Å². The molecule has 1 aromatic carbocycles. The summed E-state index contributed by atoms with van der Waals surface area (Å²) in [5.41, 5.74) is 4.78. The first-order valence-electron chi connectivity index (χ1n) is 8.39. The summed E-state index contributed by atoms with van der Waals surface area (Å²) in [4.78, 5) is 11.8. The summed E-state index contributed by atoms with van der Waals surface area (Å²) in [6.07, 6.45) is 3.72. The van der Waals surface area contributed by atoms with Crippen LogP contribution in [0, 0.1) is 0 Å². The zero-order valence-corrected chi connectivity index (χ0v) is 14.1. The topological polar surface area (TPSA) is 42.2 Å². The molecular weight excluding hydrogens is 298 g/mol. The first-order chi connectivity index (χ1) is 11.7. The predicted octanol–water partition coefficient (Wildman–Crippen LogP) is 4.38. The molecule has 0 saturated carbocycles. The van der Waals surface area contributed by atoms with E-state index in [1.807, 2.05) is 18.3 Å². The highest BCUT2D eigenvalue weighted by atomic mass is 16.3. The van der Waals surface area contributed by atoms with Gasteiger partial charge in [-0.3, -0.25) is 4.90 Å². The van der Waals surface area contributed by atoms with E-state index >= 15 is 0 Å². The van der Waals surface area contributed by atoms with Gasteiger partial charge in [-0.15, -0.1) is 0 Å². The van der Waals surface area contributed by atoms with Crippen LogP contribution < -0.4 is 0 Å². The molecule has 0 aliphatic carbocycles. The van der Waals surface area contributed by atoms with Gasteiger partial charge in [0, 0.05) is 36.3 Å². The molecule has 0 unspecified atom stereocenters. The van der Waals surface area contributed by atoms with Gasteiger partial charge in [0.1, 0.15) is 11.6 Å². The predicted molar refractivity (Wildman–Crippen MR) is 93.2 cm³/mol. The number of hydrogen-bond donors (Lipinski definition) is 0. The van der Waals surface area contributed by atoms with Gasteiger partial charge in [0.25, 0.3) is 0 Å². The second-order valence-electron chi connectivity index (χ2n) is 6.64. The third-order valence-corrected chi connectivity index (χ3v) is 4.42. The minimum atomic E-state index is 0.324. The molecule has 4 rings (SSSR count). The Labute approximate surface area is 142 Å². The molecule has 0 spiro atoms. The summed E-state index contributed by atoms with van der Waals surface area (Å²) in [6.45, 7) is 6.75. The van der Waals surface area contributed by atoms with Crippen molar-refractivity contribution < 1.29 is 4.42 Å². The van der Waals surface area contributed by atoms with Crippen LogP contribution in [0.25, 0.3) is 11.3 Å². The van der Waals surface area contributed by atoms with Crippen molar-refractivity contribution in [2.75, 3.05) is 0 Å². The highest BCUT2D eigenvalue weighted by Gasteiger charge is 2.22. The van der Waals surface area contributed by atoms with E-state index in [1.165, 1.54) is 16.7 Å². The molecule has 0 bridgehead atoms. The number of furan rings is 1. The van der Waals surface area contributed by atoms with E-state index in [9.17, 15) is 0 Å². The monoisotopic (exact) mass is 319 g/mol. The molecule has 2 aromatic heterocycles. The zero-order chi connectivity index (χ0) is 16.5. The Morgan fingerprint density at radius 3 is 2.71 bits per heavy atom. The lowest BCUT2D eigenvalue weighted by Gasteiger charge is -2.19. The lowest BCUT2D eigenvalue weighted by atomic mass is 10.0. The Bertz CT molecular complexity index is 840. The normalized spacial score (nSPS) is 14.3. The fraction of sp³-hybridized carbons (Fsp3) is 0.300. The number of hydrogen-bond acceptors (Lipinski definition) is 4. The second kappa shape index (κ2) is 6.21. The van der Waals surface area contributed by atoms with Gasteiger partial charge >= 0.3 is 0 Å². The average Bonchev–Trinajstić information content (AvgIpc) is 3.03. The molecule has 1 aliphatic rings. The van der Waals surface area contributed by atoms with Crippen LogP contribution in [0.5, 0.6) is 0 Å². The van der Waals surface area contributed by atoms with Crippen molar-refractivity contribution >= 4 is 0 Å². The maximum absolute atomic E-state index is 5.53. The lowest BCUT2D eigenvalue weighted by Crippen LogP contribution is -2.21. The molecule has 0 atom stereocenters. The molecule has 3 aromatic rings. The molecule has 4 heteroatoms. The summed E-state index contributed by atoms with van der Waals surface area (Å²) in [7, 11) is 0. The van der Waals surface area contributed by atoms with Gasteiger partial charge < -0.3 is 4.42 Å². The van der Waals surface area contributed by atoms with Gasteiger partial charge in [0.2, 0.25) is 0 Å². The molecule has 0 saturated heterocycles. The van der Waals surface area contributed by atoms with Crippen LogP contribution in [-0.2, 0) is 19.6 Å². The van der Waals surface area contributed by atoms with Gasteiger partial charge in [0.15, 0.2) is 0 Å². The third kappa shape index (κ3) is 2.85. The minimum absolute atomic E-state index is 0.324. The van der Waals surface area contributed by atoms with Crippen molar-refractivity contribution in [2.45, 2.75) is 39.4 Å². The van der Waals surface area contributed by atoms with Crippen molar-refractivity contribution in [3.05, 3.63) is 71.6 Å². The minimum Gasteiger partial charge on any atom is -0.468 e. The number of fused-ring (bicyclic) bond motifs is 3. The fourth-order valence-electron chi connectivity index (χ4n) is 3.21. The SMILES string of the molecule is CC(C)c1ncc2c(n1)-c1ccccc1CN(Cc1ccco1)C2. The van der Waals surface area contributed by atoms with E-state index in [2.05, 4.69) is 48.0 Å². The summed E-state index contributed by atoms with van der Waals surface area (Å²) in [6, 6.07) is 12.5. The highest BCUT2D eigenvalue weighted by molar-refractivity contribution is 5.67. The average molecular weight is 319 g/mol. The van der Waals surface area contributed by atoms with Crippen LogP contribution in [0.2, 0.25) is 0 Å². The number of rotatable bonds is 3. The van der Waals surface area contributed by atoms with Crippen LogP contribution in [0.15, 0.2) is 53.3 Å². The van der Waals surface area contributed by atoms with Crippen LogP contribution >= 0.6 is 0 Å². The van der Waals surface area contributed by atoms with Crippen LogP contribution in [0.3, 0.4) is 0 Å². The molecule has 0 amide bonds. The van der Waals surface area contributed by atoms with E-state index in [0.717, 1.165) is 36.9 Å². The summed E-state index contributed by atoms with van der Waals surface area (Å²) in [5, 5.41) is 0. The first-order valence-corrected chi connectivity index (χ1v) is 8.39. The van der Waals surface area contributed by atoms with E-state index < -0.39 is 0 Å². The van der Waals surface area contributed by atoms with E-state index in [1.54, 1.807) is 6.26 Å². The lowest BCUT2D eigenvalue weighted by molar-refractivity contribution is 0.229. The molecule has 4 nitrogen and oxygen atoms in total. The smallest absolute Gasteiger partial charge is 0.131 e. The second-order valence-corrected chi connectivity index (χ2v) is 6.64. The maximum atomic E-state index is 5.53. The number of benzene rings is 1. The molecule has 3 heterocycles. The Kier molecular flexibility index (Phi) is 3.90. The Balaban J connectivity index is 1.77. The van der Waals surface area contributed by atoms with Gasteiger partial charge in [-0.2, -0.15) is 0 Å². The number of aromatic nitrogens is 2. The molecule has 122 valence electrons. The Morgan fingerprint density at radius 1 is 1.08 bits per heavy atom. The fourth-order valence-corrected chi connectivity index (χ4v) is 3.21. The highest BCUT2D eigenvalue weighted by Crippen LogP contribution is 2.32. The molecule has 0 fully saturated rings. The summed E-state index contributed by atoms with van der Waals surface area (Å²) in [5.74, 6) is 2.21. The van der Waals surface area contributed by atoms with Gasteiger partial charge in [-0.1, -0.05) is 38.1 Å². The summed E-state index contributed by atoms with van der Waals surface area (Å²) < 4.78 is 5.53. The molecule has 0 radical (unpaired) electrons. The van der Waals surface area contributed by atoms with Crippen molar-refractivity contribution in [1.29, 1.82) is 0 Å². The van der Waals surface area contributed by atoms with E-state index in [4.69, 9.17) is 9.40 Å². The molecular formula is C20H21N3O. The van der Waals surface area contributed by atoms with E-state index in [0.29, 0.717) is 5.92 Å². The van der Waals surface area contributed by atoms with Gasteiger partial charge in [-0.25, -0.2) is 9.97 Å². The largest absolute Gasteiger partial charge is 0.468 e. The van der Waals surface area contributed by atoms with Gasteiger partial charge in [0.05, 0.1) is 18.5 Å². The van der Waals surface area contributed by atoms with E-state index in [-0.39, 0.29) is 0 Å². The van der Waals surface area contributed by atoms with Crippen molar-refractivity contribution in [3.8, 4) is 11.3 Å². The first kappa shape index (κ1) is 15.1. The quantitative estimate of drug-likeness (QED) is 0.718. The van der Waals surface area contributed by atoms with Crippen LogP contribution in [0.1, 0.15) is 42.5 Å². The standard InChI is InChI=1S/C20H21N3O/c1-14(2)20-21-10-16-12-23(13-17-7-5-9-24-17)11-15-6-3-4-8-18(15)19(16)22-20/h3-10,14H,11-13H2,1-2H3. The number of nitrogens with zero attached hydrogens (tertiary/aromatic N) is 3. The third-order valence-electron chi connectivity index (χ3n) is 4.42. The zero-order valence-electron chi connectivity index (χ0n) is 14.1. The summed E-state index contributed by atoms with van der Waals surface area (Å²) >= 11 is 0.